The number of rotatable bonds is 6. The van der Waals surface area contributed by atoms with Crippen molar-refractivity contribution >= 4 is 34.1 Å². The third-order valence-electron chi connectivity index (χ3n) is 3.58. The molecule has 2 N–H and O–H groups in total. The zero-order valence-electron chi connectivity index (χ0n) is 14.4. The second-order valence-electron chi connectivity index (χ2n) is 5.51. The number of oxazole rings is 1. The molecule has 136 valence electrons. The fraction of sp³-hybridized carbons (Fsp3) is 0.294. The minimum atomic E-state index is -0.319. The van der Waals surface area contributed by atoms with Crippen LogP contribution in [0.4, 0.5) is 9.93 Å². The summed E-state index contributed by atoms with van der Waals surface area (Å²) in [4.78, 5) is 25.5. The van der Waals surface area contributed by atoms with E-state index >= 15 is 0 Å². The van der Waals surface area contributed by atoms with E-state index in [2.05, 4.69) is 25.6 Å². The molecule has 0 saturated heterocycles. The van der Waals surface area contributed by atoms with Crippen LogP contribution in [-0.2, 0) is 12.8 Å². The summed E-state index contributed by atoms with van der Waals surface area (Å²) < 4.78 is 5.50. The Labute approximate surface area is 159 Å². The highest BCUT2D eigenvalue weighted by atomic mass is 35.5. The summed E-state index contributed by atoms with van der Waals surface area (Å²) in [5.74, 6) is 1.45. The van der Waals surface area contributed by atoms with Gasteiger partial charge >= 0.3 is 6.03 Å². The Hall–Kier alpha value is -2.45. The number of aryl methyl sites for hydroxylation is 2. The number of halogens is 1. The van der Waals surface area contributed by atoms with E-state index < -0.39 is 0 Å². The normalized spacial score (nSPS) is 10.7. The lowest BCUT2D eigenvalue weighted by molar-refractivity contribution is 0.252. The van der Waals surface area contributed by atoms with Crippen molar-refractivity contribution < 1.29 is 9.21 Å². The van der Waals surface area contributed by atoms with Crippen LogP contribution in [0, 0.1) is 6.92 Å². The van der Waals surface area contributed by atoms with E-state index in [-0.39, 0.29) is 6.03 Å². The summed E-state index contributed by atoms with van der Waals surface area (Å²) in [5, 5.41) is 6.46. The number of hydrogen-bond donors (Lipinski definition) is 2. The van der Waals surface area contributed by atoms with Gasteiger partial charge in [0, 0.05) is 25.6 Å². The molecule has 7 nitrogen and oxygen atoms in total. The molecule has 0 spiro atoms. The van der Waals surface area contributed by atoms with Gasteiger partial charge in [-0.2, -0.15) is 0 Å². The van der Waals surface area contributed by atoms with E-state index in [0.717, 1.165) is 28.3 Å². The summed E-state index contributed by atoms with van der Waals surface area (Å²) in [5.41, 5.74) is 1.74. The SMILES string of the molecule is CCc1cnc(CCNC(=O)Nc2nc(C)c(-c3ccnc(Cl)c3)s2)o1. The number of urea groups is 1. The van der Waals surface area contributed by atoms with Gasteiger partial charge in [-0.15, -0.1) is 0 Å². The number of anilines is 1. The molecule has 3 aromatic heterocycles. The Morgan fingerprint density at radius 3 is 2.96 bits per heavy atom. The highest BCUT2D eigenvalue weighted by Crippen LogP contribution is 2.33. The number of thiazole rings is 1. The van der Waals surface area contributed by atoms with Gasteiger partial charge in [0.05, 0.1) is 16.8 Å². The first-order valence-electron chi connectivity index (χ1n) is 8.13. The molecule has 3 heterocycles. The molecule has 0 bridgehead atoms. The summed E-state index contributed by atoms with van der Waals surface area (Å²) in [7, 11) is 0. The average molecular weight is 392 g/mol. The van der Waals surface area contributed by atoms with Gasteiger partial charge in [0.15, 0.2) is 11.0 Å². The zero-order valence-corrected chi connectivity index (χ0v) is 15.9. The molecule has 0 fully saturated rings. The fourth-order valence-corrected chi connectivity index (χ4v) is 3.44. The van der Waals surface area contributed by atoms with Gasteiger partial charge in [0.2, 0.25) is 0 Å². The predicted octanol–water partition coefficient (Wildman–Crippen LogP) is 4.08. The monoisotopic (exact) mass is 391 g/mol. The summed E-state index contributed by atoms with van der Waals surface area (Å²) in [6, 6.07) is 3.31. The summed E-state index contributed by atoms with van der Waals surface area (Å²) >= 11 is 7.32. The molecule has 0 radical (unpaired) electrons. The molecule has 0 aromatic carbocycles. The third-order valence-corrected chi connectivity index (χ3v) is 4.91. The molecule has 3 rings (SSSR count). The molecule has 0 aliphatic carbocycles. The lowest BCUT2D eigenvalue weighted by Gasteiger charge is -2.03. The Morgan fingerprint density at radius 1 is 1.38 bits per heavy atom. The number of nitrogens with zero attached hydrogens (tertiary/aromatic N) is 3. The van der Waals surface area contributed by atoms with Gasteiger partial charge in [0.1, 0.15) is 10.9 Å². The molecule has 0 aliphatic heterocycles. The molecular formula is C17H18ClN5O2S. The van der Waals surface area contributed by atoms with Crippen molar-refractivity contribution in [3.05, 3.63) is 47.0 Å². The number of carbonyl (C=O) groups excluding carboxylic acids is 1. The number of carbonyl (C=O) groups is 1. The second-order valence-corrected chi connectivity index (χ2v) is 6.89. The smallest absolute Gasteiger partial charge is 0.321 e. The Balaban J connectivity index is 1.55. The van der Waals surface area contributed by atoms with Crippen LogP contribution in [-0.4, -0.2) is 27.5 Å². The second kappa shape index (κ2) is 8.29. The maximum atomic E-state index is 12.0. The minimum absolute atomic E-state index is 0.319. The van der Waals surface area contributed by atoms with Crippen molar-refractivity contribution in [1.82, 2.24) is 20.3 Å². The zero-order chi connectivity index (χ0) is 18.5. The lowest BCUT2D eigenvalue weighted by atomic mass is 10.2. The van der Waals surface area contributed by atoms with Gasteiger partial charge in [-0.05, 0) is 24.6 Å². The maximum absolute atomic E-state index is 12.0. The average Bonchev–Trinajstić information content (AvgIpc) is 3.21. The van der Waals surface area contributed by atoms with E-state index in [1.165, 1.54) is 11.3 Å². The molecule has 0 atom stereocenters. The van der Waals surface area contributed by atoms with Crippen LogP contribution >= 0.6 is 22.9 Å². The van der Waals surface area contributed by atoms with Crippen LogP contribution in [0.25, 0.3) is 10.4 Å². The number of pyridine rings is 1. The van der Waals surface area contributed by atoms with Crippen LogP contribution in [0.2, 0.25) is 5.15 Å². The number of aromatic nitrogens is 3. The van der Waals surface area contributed by atoms with Crippen molar-refractivity contribution in [3.63, 3.8) is 0 Å². The van der Waals surface area contributed by atoms with Crippen molar-refractivity contribution in [2.45, 2.75) is 26.7 Å². The first-order chi connectivity index (χ1) is 12.5. The van der Waals surface area contributed by atoms with Crippen LogP contribution in [0.15, 0.2) is 28.9 Å². The first kappa shape index (κ1) is 18.3. The molecular weight excluding hydrogens is 374 g/mol. The minimum Gasteiger partial charge on any atom is -0.446 e. The van der Waals surface area contributed by atoms with Gasteiger partial charge < -0.3 is 9.73 Å². The predicted molar refractivity (Wildman–Crippen MR) is 102 cm³/mol. The van der Waals surface area contributed by atoms with Crippen LogP contribution in [0.1, 0.15) is 24.3 Å². The van der Waals surface area contributed by atoms with Crippen molar-refractivity contribution in [2.75, 3.05) is 11.9 Å². The van der Waals surface area contributed by atoms with Crippen molar-refractivity contribution in [3.8, 4) is 10.4 Å². The molecule has 3 aromatic rings. The third kappa shape index (κ3) is 4.59. The Bertz CT molecular complexity index is 908. The van der Waals surface area contributed by atoms with E-state index in [4.69, 9.17) is 16.0 Å². The van der Waals surface area contributed by atoms with Crippen LogP contribution in [0.3, 0.4) is 0 Å². The van der Waals surface area contributed by atoms with Crippen LogP contribution < -0.4 is 10.6 Å². The van der Waals surface area contributed by atoms with Crippen LogP contribution in [0.5, 0.6) is 0 Å². The standard InChI is InChI=1S/C17H18ClN5O2S/c1-3-12-9-21-14(25-12)5-7-20-16(24)23-17-22-10(2)15(26-17)11-4-6-19-13(18)8-11/h4,6,8-9H,3,5,7H2,1-2H3,(H2,20,22,23,24). The Morgan fingerprint density at radius 2 is 2.23 bits per heavy atom. The van der Waals surface area contributed by atoms with E-state index in [1.807, 2.05) is 19.9 Å². The van der Waals surface area contributed by atoms with Gasteiger partial charge in [-0.3, -0.25) is 5.32 Å². The van der Waals surface area contributed by atoms with E-state index in [9.17, 15) is 4.79 Å². The lowest BCUT2D eigenvalue weighted by Crippen LogP contribution is -2.30. The molecule has 26 heavy (non-hydrogen) atoms. The van der Waals surface area contributed by atoms with E-state index in [1.54, 1.807) is 18.5 Å². The Kier molecular flexibility index (Phi) is 5.85. The van der Waals surface area contributed by atoms with Crippen molar-refractivity contribution in [2.24, 2.45) is 0 Å². The van der Waals surface area contributed by atoms with Gasteiger partial charge in [0.25, 0.3) is 0 Å². The number of hydrogen-bond acceptors (Lipinski definition) is 6. The number of nitrogens with one attached hydrogen (secondary N) is 2. The van der Waals surface area contributed by atoms with Crippen molar-refractivity contribution in [1.29, 1.82) is 0 Å². The highest BCUT2D eigenvalue weighted by Gasteiger charge is 2.12. The topological polar surface area (TPSA) is 92.9 Å². The van der Waals surface area contributed by atoms with Gasteiger partial charge in [-0.1, -0.05) is 29.9 Å². The molecule has 0 unspecified atom stereocenters. The largest absolute Gasteiger partial charge is 0.446 e. The first-order valence-corrected chi connectivity index (χ1v) is 9.32. The molecule has 9 heteroatoms. The quantitative estimate of drug-likeness (QED) is 0.617. The number of amides is 2. The molecule has 0 saturated carbocycles. The van der Waals surface area contributed by atoms with Gasteiger partial charge in [-0.25, -0.2) is 19.7 Å². The molecule has 2 amide bonds. The highest BCUT2D eigenvalue weighted by molar-refractivity contribution is 7.19. The fourth-order valence-electron chi connectivity index (χ4n) is 2.31. The molecule has 0 aliphatic rings. The maximum Gasteiger partial charge on any atom is 0.321 e. The summed E-state index contributed by atoms with van der Waals surface area (Å²) in [6.07, 6.45) is 4.68. The summed E-state index contributed by atoms with van der Waals surface area (Å²) in [6.45, 7) is 4.31. The van der Waals surface area contributed by atoms with E-state index in [0.29, 0.717) is 29.1 Å².